The summed E-state index contributed by atoms with van der Waals surface area (Å²) in [5.74, 6) is -1.25. The number of carbonyl (C=O) groups excluding carboxylic acids is 2. The van der Waals surface area contributed by atoms with Crippen molar-refractivity contribution in [3.05, 3.63) is 108 Å². The molecular formula is C33H31F4N7O3. The van der Waals surface area contributed by atoms with Crippen molar-refractivity contribution in [3.8, 4) is 16.9 Å². The molecule has 10 nitrogen and oxygen atoms in total. The number of anilines is 2. The Labute approximate surface area is 267 Å². The van der Waals surface area contributed by atoms with Gasteiger partial charge in [0.15, 0.2) is 12.3 Å². The molecule has 0 aliphatic rings. The highest BCUT2D eigenvalue weighted by atomic mass is 19.4. The van der Waals surface area contributed by atoms with Crippen LogP contribution in [0.3, 0.4) is 0 Å². The van der Waals surface area contributed by atoms with Gasteiger partial charge in [-0.15, -0.1) is 5.10 Å². The monoisotopic (exact) mass is 649 g/mol. The highest BCUT2D eigenvalue weighted by molar-refractivity contribution is 5.97. The Bertz CT molecular complexity index is 1860. The fourth-order valence-electron chi connectivity index (χ4n) is 4.49. The zero-order chi connectivity index (χ0) is 33.6. The Morgan fingerprint density at radius 2 is 1.62 bits per heavy atom. The van der Waals surface area contributed by atoms with Crippen molar-refractivity contribution < 1.29 is 31.9 Å². The second-order valence-electron chi connectivity index (χ2n) is 10.8. The van der Waals surface area contributed by atoms with Crippen molar-refractivity contribution in [3.63, 3.8) is 0 Å². The average Bonchev–Trinajstić information content (AvgIpc) is 3.44. The molecule has 2 aromatic heterocycles. The molecule has 47 heavy (non-hydrogen) atoms. The van der Waals surface area contributed by atoms with Crippen molar-refractivity contribution in [2.45, 2.75) is 12.7 Å². The van der Waals surface area contributed by atoms with Crippen LogP contribution in [0.4, 0.5) is 29.2 Å². The summed E-state index contributed by atoms with van der Waals surface area (Å²) in [5, 5.41) is 12.9. The lowest BCUT2D eigenvalue weighted by atomic mass is 10.1. The van der Waals surface area contributed by atoms with Crippen LogP contribution in [-0.2, 0) is 6.54 Å². The summed E-state index contributed by atoms with van der Waals surface area (Å²) in [5.41, 5.74) is 3.62. The molecule has 0 saturated heterocycles. The predicted octanol–water partition coefficient (Wildman–Crippen LogP) is 5.44. The molecule has 0 aliphatic carbocycles. The van der Waals surface area contributed by atoms with Gasteiger partial charge in [0.1, 0.15) is 11.6 Å². The Morgan fingerprint density at radius 3 is 2.32 bits per heavy atom. The summed E-state index contributed by atoms with van der Waals surface area (Å²) < 4.78 is 58.5. The van der Waals surface area contributed by atoms with E-state index in [0.717, 1.165) is 16.7 Å². The number of fused-ring (bicyclic) bond motifs is 1. The fraction of sp³-hybridized carbons (Fsp3) is 0.212. The van der Waals surface area contributed by atoms with E-state index >= 15 is 0 Å². The molecule has 244 valence electrons. The van der Waals surface area contributed by atoms with E-state index < -0.39 is 18.7 Å². The summed E-state index contributed by atoms with van der Waals surface area (Å²) in [6.45, 7) is -0.450. The van der Waals surface area contributed by atoms with E-state index in [2.05, 4.69) is 26.0 Å². The molecular weight excluding hydrogens is 618 g/mol. The number of hydrogen-bond acceptors (Lipinski definition) is 7. The van der Waals surface area contributed by atoms with Crippen LogP contribution in [0.15, 0.2) is 85.1 Å². The maximum atomic E-state index is 13.1. The standard InChI is InChI=1S/C33H31F4N7O3/c1-43(2)16-15-38-31(46)27-13-12-26(17-28(27)47-20-33(35,36)37)40-32-41-29-14-9-24(19-44(29)42-32)22-5-7-23(8-6-22)30(45)39-18-21-3-10-25(34)11-4-21/h3-14,17,19H,15-16,18,20H2,1-2H3,(H,38,46)(H,39,45)(H,40,42). The van der Waals surface area contributed by atoms with Crippen LogP contribution in [0, 0.1) is 5.82 Å². The van der Waals surface area contributed by atoms with E-state index in [1.54, 1.807) is 48.7 Å². The van der Waals surface area contributed by atoms with Crippen molar-refractivity contribution in [1.82, 2.24) is 30.1 Å². The number of carbonyl (C=O) groups is 2. The predicted molar refractivity (Wildman–Crippen MR) is 168 cm³/mol. The van der Waals surface area contributed by atoms with Crippen molar-refractivity contribution in [2.24, 2.45) is 0 Å². The average molecular weight is 650 g/mol. The molecule has 3 aromatic carbocycles. The molecule has 14 heteroatoms. The third kappa shape index (κ3) is 9.04. The number of likely N-dealkylation sites (N-methyl/N-ethyl adjacent to an activating group) is 1. The van der Waals surface area contributed by atoms with Crippen LogP contribution in [-0.4, -0.2) is 71.3 Å². The smallest absolute Gasteiger partial charge is 0.422 e. The Balaban J connectivity index is 1.27. The number of rotatable bonds is 12. The van der Waals surface area contributed by atoms with Gasteiger partial charge in [-0.2, -0.15) is 18.2 Å². The van der Waals surface area contributed by atoms with Crippen LogP contribution >= 0.6 is 0 Å². The first-order valence-corrected chi connectivity index (χ1v) is 14.5. The molecule has 2 heterocycles. The van der Waals surface area contributed by atoms with Gasteiger partial charge in [0.2, 0.25) is 5.95 Å². The van der Waals surface area contributed by atoms with Crippen molar-refractivity contribution in [1.29, 1.82) is 0 Å². The minimum atomic E-state index is -4.60. The van der Waals surface area contributed by atoms with E-state index in [0.29, 0.717) is 30.0 Å². The first-order valence-electron chi connectivity index (χ1n) is 14.5. The van der Waals surface area contributed by atoms with Gasteiger partial charge < -0.3 is 25.6 Å². The number of nitrogens with one attached hydrogen (secondary N) is 3. The Morgan fingerprint density at radius 1 is 0.894 bits per heavy atom. The minimum absolute atomic E-state index is 0.0393. The first kappa shape index (κ1) is 32.9. The topological polar surface area (TPSA) is 113 Å². The number of pyridine rings is 1. The van der Waals surface area contributed by atoms with Gasteiger partial charge >= 0.3 is 6.18 Å². The van der Waals surface area contributed by atoms with E-state index in [4.69, 9.17) is 4.74 Å². The summed E-state index contributed by atoms with van der Waals surface area (Å²) in [6, 6.07) is 20.6. The van der Waals surface area contributed by atoms with E-state index in [1.165, 1.54) is 34.8 Å². The molecule has 2 amide bonds. The Hall–Kier alpha value is -5.50. The lowest BCUT2D eigenvalue weighted by Crippen LogP contribution is -2.31. The van der Waals surface area contributed by atoms with Gasteiger partial charge in [-0.3, -0.25) is 9.59 Å². The maximum Gasteiger partial charge on any atom is 0.422 e. The van der Waals surface area contributed by atoms with Crippen LogP contribution in [0.25, 0.3) is 16.8 Å². The van der Waals surface area contributed by atoms with E-state index in [9.17, 15) is 27.2 Å². The molecule has 0 bridgehead atoms. The molecule has 0 aliphatic heterocycles. The van der Waals surface area contributed by atoms with Crippen LogP contribution in [0.2, 0.25) is 0 Å². The normalized spacial score (nSPS) is 11.5. The number of halogens is 4. The summed E-state index contributed by atoms with van der Waals surface area (Å²) >= 11 is 0. The molecule has 0 fully saturated rings. The quantitative estimate of drug-likeness (QED) is 0.154. The molecule has 0 unspecified atom stereocenters. The number of nitrogens with zero attached hydrogens (tertiary/aromatic N) is 4. The second kappa shape index (κ2) is 14.3. The van der Waals surface area contributed by atoms with Gasteiger partial charge in [0.05, 0.1) is 5.56 Å². The lowest BCUT2D eigenvalue weighted by molar-refractivity contribution is -0.153. The number of ether oxygens (including phenoxy) is 1. The van der Waals surface area contributed by atoms with Gasteiger partial charge in [-0.25, -0.2) is 8.91 Å². The molecule has 5 aromatic rings. The molecule has 3 N–H and O–H groups in total. The number of hydrogen-bond donors (Lipinski definition) is 3. The number of aromatic nitrogens is 3. The maximum absolute atomic E-state index is 13.1. The van der Waals surface area contributed by atoms with Crippen LogP contribution < -0.4 is 20.7 Å². The number of alkyl halides is 3. The minimum Gasteiger partial charge on any atom is -0.483 e. The summed E-state index contributed by atoms with van der Waals surface area (Å²) in [7, 11) is 3.66. The largest absolute Gasteiger partial charge is 0.483 e. The third-order valence-electron chi connectivity index (χ3n) is 6.90. The highest BCUT2D eigenvalue weighted by Gasteiger charge is 2.29. The molecule has 0 radical (unpaired) electrons. The number of amides is 2. The third-order valence-corrected chi connectivity index (χ3v) is 6.90. The lowest BCUT2D eigenvalue weighted by Gasteiger charge is -2.15. The summed E-state index contributed by atoms with van der Waals surface area (Å²) in [6.07, 6.45) is -2.85. The van der Waals surface area contributed by atoms with Gasteiger partial charge in [-0.1, -0.05) is 24.3 Å². The molecule has 5 rings (SSSR count). The highest BCUT2D eigenvalue weighted by Crippen LogP contribution is 2.28. The van der Waals surface area contributed by atoms with Crippen molar-refractivity contribution in [2.75, 3.05) is 39.1 Å². The van der Waals surface area contributed by atoms with Crippen molar-refractivity contribution >= 4 is 29.1 Å². The molecule has 0 spiro atoms. The fourth-order valence-corrected chi connectivity index (χ4v) is 4.49. The summed E-state index contributed by atoms with van der Waals surface area (Å²) in [4.78, 5) is 31.5. The van der Waals surface area contributed by atoms with E-state index in [-0.39, 0.29) is 35.5 Å². The van der Waals surface area contributed by atoms with Crippen LogP contribution in [0.5, 0.6) is 5.75 Å². The van der Waals surface area contributed by atoms with Gasteiger partial charge in [-0.05, 0) is 73.8 Å². The zero-order valence-electron chi connectivity index (χ0n) is 25.4. The number of benzene rings is 3. The first-order chi connectivity index (χ1) is 22.4. The van der Waals surface area contributed by atoms with Gasteiger partial charge in [0.25, 0.3) is 11.8 Å². The van der Waals surface area contributed by atoms with Gasteiger partial charge in [0, 0.05) is 48.7 Å². The SMILES string of the molecule is CN(C)CCNC(=O)c1ccc(Nc2nc3ccc(-c4ccc(C(=O)NCc5ccc(F)cc5)cc4)cn3n2)cc1OCC(F)(F)F. The second-order valence-corrected chi connectivity index (χ2v) is 10.8. The molecule has 0 atom stereocenters. The molecule has 0 saturated carbocycles. The zero-order valence-corrected chi connectivity index (χ0v) is 25.4. The van der Waals surface area contributed by atoms with Crippen LogP contribution in [0.1, 0.15) is 26.3 Å². The Kier molecular flexibility index (Phi) is 10.00. The van der Waals surface area contributed by atoms with E-state index in [1.807, 2.05) is 25.1 Å².